The third-order valence-corrected chi connectivity index (χ3v) is 4.76. The van der Waals surface area contributed by atoms with E-state index in [1.165, 1.54) is 5.56 Å². The maximum atomic E-state index is 12.5. The number of benzene rings is 2. The largest absolute Gasteiger partial charge is 0.497 e. The second-order valence-corrected chi connectivity index (χ2v) is 6.65. The van der Waals surface area contributed by atoms with E-state index in [0.29, 0.717) is 23.7 Å². The van der Waals surface area contributed by atoms with Crippen LogP contribution in [0.4, 0.5) is 5.69 Å². The fourth-order valence-corrected chi connectivity index (χ4v) is 3.25. The third kappa shape index (κ3) is 5.45. The molecular formula is C21H27N3O3. The zero-order chi connectivity index (χ0) is 19.1. The number of amides is 1. The Morgan fingerprint density at radius 1 is 0.963 bits per heavy atom. The first kappa shape index (κ1) is 19.2. The molecule has 0 aromatic heterocycles. The van der Waals surface area contributed by atoms with Gasteiger partial charge in [-0.05, 0) is 17.7 Å². The molecule has 0 unspecified atom stereocenters. The molecule has 1 amide bonds. The van der Waals surface area contributed by atoms with Gasteiger partial charge in [-0.15, -0.1) is 0 Å². The highest BCUT2D eigenvalue weighted by molar-refractivity contribution is 5.94. The molecule has 2 aromatic carbocycles. The zero-order valence-corrected chi connectivity index (χ0v) is 16.0. The van der Waals surface area contributed by atoms with Gasteiger partial charge < -0.3 is 14.8 Å². The quantitative estimate of drug-likeness (QED) is 0.813. The maximum Gasteiger partial charge on any atom is 0.238 e. The molecule has 0 atom stereocenters. The van der Waals surface area contributed by atoms with Crippen LogP contribution in [0, 0.1) is 0 Å². The van der Waals surface area contributed by atoms with Crippen molar-refractivity contribution >= 4 is 11.6 Å². The van der Waals surface area contributed by atoms with Crippen LogP contribution in [-0.2, 0) is 11.3 Å². The maximum absolute atomic E-state index is 12.5. The molecular weight excluding hydrogens is 342 g/mol. The van der Waals surface area contributed by atoms with Crippen molar-refractivity contribution in [2.45, 2.75) is 6.54 Å². The minimum Gasteiger partial charge on any atom is -0.497 e. The highest BCUT2D eigenvalue weighted by Gasteiger charge is 2.19. The Hall–Kier alpha value is -2.57. The van der Waals surface area contributed by atoms with Crippen molar-refractivity contribution in [1.82, 2.24) is 9.80 Å². The van der Waals surface area contributed by atoms with Crippen molar-refractivity contribution in [1.29, 1.82) is 0 Å². The van der Waals surface area contributed by atoms with Crippen LogP contribution < -0.4 is 14.8 Å². The molecule has 0 spiro atoms. The summed E-state index contributed by atoms with van der Waals surface area (Å²) in [6, 6.07) is 15.9. The zero-order valence-electron chi connectivity index (χ0n) is 16.0. The lowest BCUT2D eigenvalue weighted by molar-refractivity contribution is -0.117. The fourth-order valence-electron chi connectivity index (χ4n) is 3.25. The summed E-state index contributed by atoms with van der Waals surface area (Å²) in [7, 11) is 3.19. The Labute approximate surface area is 160 Å². The van der Waals surface area contributed by atoms with E-state index >= 15 is 0 Å². The number of carbonyl (C=O) groups is 1. The van der Waals surface area contributed by atoms with Crippen molar-refractivity contribution in [2.75, 3.05) is 52.3 Å². The van der Waals surface area contributed by atoms with E-state index in [1.807, 2.05) is 6.07 Å². The van der Waals surface area contributed by atoms with E-state index in [2.05, 4.69) is 39.4 Å². The van der Waals surface area contributed by atoms with Crippen LogP contribution in [0.5, 0.6) is 11.5 Å². The molecule has 27 heavy (non-hydrogen) atoms. The highest BCUT2D eigenvalue weighted by atomic mass is 16.5. The van der Waals surface area contributed by atoms with Gasteiger partial charge in [-0.3, -0.25) is 14.6 Å². The Bertz CT molecular complexity index is 744. The lowest BCUT2D eigenvalue weighted by Gasteiger charge is -2.34. The monoisotopic (exact) mass is 369 g/mol. The van der Waals surface area contributed by atoms with Crippen LogP contribution in [0.1, 0.15) is 5.56 Å². The number of hydrogen-bond donors (Lipinski definition) is 1. The molecule has 1 N–H and O–H groups in total. The Morgan fingerprint density at radius 3 is 2.33 bits per heavy atom. The summed E-state index contributed by atoms with van der Waals surface area (Å²) in [6.45, 7) is 5.03. The number of methoxy groups -OCH3 is 2. The predicted octanol–water partition coefficient (Wildman–Crippen LogP) is 2.46. The van der Waals surface area contributed by atoms with Crippen molar-refractivity contribution in [3.05, 3.63) is 54.1 Å². The number of anilines is 1. The predicted molar refractivity (Wildman–Crippen MR) is 106 cm³/mol. The SMILES string of the molecule is COc1ccc(OC)c(NC(=O)CN2CCN(Cc3ccccc3)CC2)c1. The van der Waals surface area contributed by atoms with Crippen molar-refractivity contribution < 1.29 is 14.3 Å². The van der Waals surface area contributed by atoms with Gasteiger partial charge in [0.25, 0.3) is 0 Å². The molecule has 0 aliphatic carbocycles. The number of hydrogen-bond acceptors (Lipinski definition) is 5. The minimum atomic E-state index is -0.0435. The second-order valence-electron chi connectivity index (χ2n) is 6.65. The van der Waals surface area contributed by atoms with Crippen LogP contribution in [0.3, 0.4) is 0 Å². The molecule has 6 nitrogen and oxygen atoms in total. The number of rotatable bonds is 7. The summed E-state index contributed by atoms with van der Waals surface area (Å²) >= 11 is 0. The number of nitrogens with zero attached hydrogens (tertiary/aromatic N) is 2. The lowest BCUT2D eigenvalue weighted by Crippen LogP contribution is -2.48. The van der Waals surface area contributed by atoms with Crippen LogP contribution >= 0.6 is 0 Å². The Balaban J connectivity index is 1.48. The molecule has 6 heteroatoms. The number of piperazine rings is 1. The van der Waals surface area contributed by atoms with Gasteiger partial charge in [0.05, 0.1) is 26.5 Å². The van der Waals surface area contributed by atoms with Gasteiger partial charge in [-0.25, -0.2) is 0 Å². The van der Waals surface area contributed by atoms with E-state index in [-0.39, 0.29) is 5.91 Å². The van der Waals surface area contributed by atoms with E-state index in [4.69, 9.17) is 9.47 Å². The molecule has 1 heterocycles. The average Bonchev–Trinajstić information content (AvgIpc) is 2.70. The van der Waals surface area contributed by atoms with Crippen LogP contribution in [-0.4, -0.2) is 62.7 Å². The first-order valence-corrected chi connectivity index (χ1v) is 9.18. The van der Waals surface area contributed by atoms with Gasteiger partial charge in [0.1, 0.15) is 11.5 Å². The van der Waals surface area contributed by atoms with Gasteiger partial charge in [0.2, 0.25) is 5.91 Å². The van der Waals surface area contributed by atoms with Gasteiger partial charge >= 0.3 is 0 Å². The molecule has 0 bridgehead atoms. The van der Waals surface area contributed by atoms with Crippen molar-refractivity contribution in [3.8, 4) is 11.5 Å². The third-order valence-electron chi connectivity index (χ3n) is 4.76. The average molecular weight is 369 g/mol. The smallest absolute Gasteiger partial charge is 0.238 e. The van der Waals surface area contributed by atoms with Gasteiger partial charge in [-0.1, -0.05) is 30.3 Å². The highest BCUT2D eigenvalue weighted by Crippen LogP contribution is 2.28. The molecule has 0 saturated carbocycles. The fraction of sp³-hybridized carbons (Fsp3) is 0.381. The molecule has 1 saturated heterocycles. The molecule has 3 rings (SSSR count). The molecule has 2 aromatic rings. The summed E-state index contributed by atoms with van der Waals surface area (Å²) in [5.41, 5.74) is 1.96. The molecule has 1 aliphatic rings. The van der Waals surface area contributed by atoms with E-state index in [1.54, 1.807) is 32.4 Å². The van der Waals surface area contributed by atoms with Gasteiger partial charge in [0, 0.05) is 38.8 Å². The molecule has 1 fully saturated rings. The van der Waals surface area contributed by atoms with E-state index < -0.39 is 0 Å². The summed E-state index contributed by atoms with van der Waals surface area (Å²) in [4.78, 5) is 17.1. The van der Waals surface area contributed by atoms with Crippen LogP contribution in [0.2, 0.25) is 0 Å². The first-order valence-electron chi connectivity index (χ1n) is 9.18. The Kier molecular flexibility index (Phi) is 6.68. The van der Waals surface area contributed by atoms with Gasteiger partial charge in [0.15, 0.2) is 0 Å². The van der Waals surface area contributed by atoms with Gasteiger partial charge in [-0.2, -0.15) is 0 Å². The lowest BCUT2D eigenvalue weighted by atomic mass is 10.2. The number of carbonyl (C=O) groups excluding carboxylic acids is 1. The summed E-state index contributed by atoms with van der Waals surface area (Å²) in [6.07, 6.45) is 0. The van der Waals surface area contributed by atoms with Crippen molar-refractivity contribution in [2.24, 2.45) is 0 Å². The van der Waals surface area contributed by atoms with Crippen molar-refractivity contribution in [3.63, 3.8) is 0 Å². The minimum absolute atomic E-state index is 0.0435. The number of nitrogens with one attached hydrogen (secondary N) is 1. The summed E-state index contributed by atoms with van der Waals surface area (Å²) in [5.74, 6) is 1.26. The normalized spacial score (nSPS) is 15.3. The standard InChI is InChI=1S/C21H27N3O3/c1-26-18-8-9-20(27-2)19(14-18)22-21(25)16-24-12-10-23(11-13-24)15-17-6-4-3-5-7-17/h3-9,14H,10-13,15-16H2,1-2H3,(H,22,25). The molecule has 144 valence electrons. The first-order chi connectivity index (χ1) is 13.2. The Morgan fingerprint density at radius 2 is 1.67 bits per heavy atom. The number of ether oxygens (including phenoxy) is 2. The summed E-state index contributed by atoms with van der Waals surface area (Å²) in [5, 5.41) is 2.94. The van der Waals surface area contributed by atoms with E-state index in [0.717, 1.165) is 32.7 Å². The topological polar surface area (TPSA) is 54.0 Å². The van der Waals surface area contributed by atoms with E-state index in [9.17, 15) is 4.79 Å². The summed E-state index contributed by atoms with van der Waals surface area (Å²) < 4.78 is 10.5. The molecule has 1 aliphatic heterocycles. The molecule has 0 radical (unpaired) electrons. The van der Waals surface area contributed by atoms with Crippen LogP contribution in [0.15, 0.2) is 48.5 Å². The van der Waals surface area contributed by atoms with Crippen LogP contribution in [0.25, 0.3) is 0 Å². The second kappa shape index (κ2) is 9.39.